The second-order valence-electron chi connectivity index (χ2n) is 3.67. The van der Waals surface area contributed by atoms with E-state index < -0.39 is 0 Å². The van der Waals surface area contributed by atoms with Crippen molar-refractivity contribution in [2.24, 2.45) is 5.73 Å². The first-order valence-electron chi connectivity index (χ1n) is 5.18. The van der Waals surface area contributed by atoms with Crippen LogP contribution in [0.25, 0.3) is 0 Å². The highest BCUT2D eigenvalue weighted by molar-refractivity contribution is 7.98. The molecule has 0 fully saturated rings. The van der Waals surface area contributed by atoms with Crippen LogP contribution in [0.4, 0.5) is 0 Å². The van der Waals surface area contributed by atoms with Crippen LogP contribution >= 0.6 is 11.8 Å². The molecule has 1 atom stereocenters. The third-order valence-electron chi connectivity index (χ3n) is 2.01. The Kier molecular flexibility index (Phi) is 5.58. The van der Waals surface area contributed by atoms with Crippen LogP contribution < -0.4 is 10.5 Å². The summed E-state index contributed by atoms with van der Waals surface area (Å²) < 4.78 is 5.61. The lowest BCUT2D eigenvalue weighted by atomic mass is 10.1. The van der Waals surface area contributed by atoms with Crippen LogP contribution in [0.1, 0.15) is 12.5 Å². The lowest BCUT2D eigenvalue weighted by Crippen LogP contribution is -2.17. The van der Waals surface area contributed by atoms with E-state index in [1.807, 2.05) is 19.1 Å². The average molecular weight is 225 g/mol. The summed E-state index contributed by atoms with van der Waals surface area (Å²) in [4.78, 5) is 0. The van der Waals surface area contributed by atoms with Crippen molar-refractivity contribution < 1.29 is 4.74 Å². The van der Waals surface area contributed by atoms with Gasteiger partial charge in [0.05, 0.1) is 6.61 Å². The number of hydrogen-bond acceptors (Lipinski definition) is 3. The highest BCUT2D eigenvalue weighted by Crippen LogP contribution is 2.14. The first-order valence-corrected chi connectivity index (χ1v) is 6.58. The smallest absolute Gasteiger partial charge is 0.119 e. The summed E-state index contributed by atoms with van der Waals surface area (Å²) in [7, 11) is 0. The molecule has 0 saturated heterocycles. The molecular formula is C12H19NOS. The van der Waals surface area contributed by atoms with Gasteiger partial charge in [0.1, 0.15) is 5.75 Å². The molecule has 84 valence electrons. The molecule has 0 amide bonds. The van der Waals surface area contributed by atoms with Crippen molar-refractivity contribution in [2.45, 2.75) is 19.4 Å². The zero-order valence-electron chi connectivity index (χ0n) is 9.40. The maximum atomic E-state index is 5.75. The van der Waals surface area contributed by atoms with Gasteiger partial charge < -0.3 is 10.5 Å². The second-order valence-corrected chi connectivity index (χ2v) is 4.66. The summed E-state index contributed by atoms with van der Waals surface area (Å²) in [6.07, 6.45) is 2.98. The molecule has 0 spiro atoms. The molecular weight excluding hydrogens is 206 g/mol. The van der Waals surface area contributed by atoms with Gasteiger partial charge in [-0.15, -0.1) is 0 Å². The van der Waals surface area contributed by atoms with E-state index in [0.717, 1.165) is 24.5 Å². The van der Waals surface area contributed by atoms with Crippen molar-refractivity contribution in [3.05, 3.63) is 29.8 Å². The standard InChI is InChI=1S/C12H19NOS/c1-10(13)8-11-4-3-5-12(9-11)14-6-7-15-2/h3-5,9-10H,6-8,13H2,1-2H3. The van der Waals surface area contributed by atoms with Crippen molar-refractivity contribution in [3.63, 3.8) is 0 Å². The molecule has 0 aromatic heterocycles. The Morgan fingerprint density at radius 2 is 2.27 bits per heavy atom. The Morgan fingerprint density at radius 3 is 2.93 bits per heavy atom. The summed E-state index contributed by atoms with van der Waals surface area (Å²) >= 11 is 1.79. The van der Waals surface area contributed by atoms with Crippen LogP contribution in [-0.4, -0.2) is 24.7 Å². The van der Waals surface area contributed by atoms with Crippen LogP contribution in [0.2, 0.25) is 0 Å². The highest BCUT2D eigenvalue weighted by Gasteiger charge is 1.99. The summed E-state index contributed by atoms with van der Waals surface area (Å²) in [5.41, 5.74) is 6.99. The monoisotopic (exact) mass is 225 g/mol. The van der Waals surface area contributed by atoms with Gasteiger partial charge in [-0.1, -0.05) is 12.1 Å². The van der Waals surface area contributed by atoms with E-state index in [1.54, 1.807) is 11.8 Å². The molecule has 1 unspecified atom stereocenters. The van der Waals surface area contributed by atoms with Crippen LogP contribution in [-0.2, 0) is 6.42 Å². The molecule has 0 saturated carbocycles. The van der Waals surface area contributed by atoms with Crippen molar-refractivity contribution in [1.29, 1.82) is 0 Å². The third-order valence-corrected chi connectivity index (χ3v) is 2.59. The van der Waals surface area contributed by atoms with E-state index in [-0.39, 0.29) is 6.04 Å². The summed E-state index contributed by atoms with van der Waals surface area (Å²) in [5.74, 6) is 1.97. The zero-order valence-corrected chi connectivity index (χ0v) is 10.2. The SMILES string of the molecule is CSCCOc1cccc(CC(C)N)c1. The number of rotatable bonds is 6. The summed E-state index contributed by atoms with van der Waals surface area (Å²) in [5, 5.41) is 0. The van der Waals surface area contributed by atoms with Gasteiger partial charge in [0.2, 0.25) is 0 Å². The topological polar surface area (TPSA) is 35.2 Å². The van der Waals surface area contributed by atoms with E-state index in [4.69, 9.17) is 10.5 Å². The predicted molar refractivity (Wildman–Crippen MR) is 67.7 cm³/mol. The summed E-state index contributed by atoms with van der Waals surface area (Å²) in [6.45, 7) is 2.78. The highest BCUT2D eigenvalue weighted by atomic mass is 32.2. The fourth-order valence-corrected chi connectivity index (χ4v) is 1.63. The molecule has 15 heavy (non-hydrogen) atoms. The predicted octanol–water partition coefficient (Wildman–Crippen LogP) is 2.32. The van der Waals surface area contributed by atoms with Gasteiger partial charge in [-0.25, -0.2) is 0 Å². The Morgan fingerprint density at radius 1 is 1.47 bits per heavy atom. The Bertz CT molecular complexity index is 289. The Hall–Kier alpha value is -0.670. The van der Waals surface area contributed by atoms with E-state index in [0.29, 0.717) is 0 Å². The van der Waals surface area contributed by atoms with Crippen molar-refractivity contribution in [3.8, 4) is 5.75 Å². The molecule has 0 aliphatic rings. The number of ether oxygens (including phenoxy) is 1. The van der Waals surface area contributed by atoms with E-state index in [2.05, 4.69) is 18.4 Å². The fourth-order valence-electron chi connectivity index (χ4n) is 1.38. The normalized spacial score (nSPS) is 12.5. The van der Waals surface area contributed by atoms with Crippen molar-refractivity contribution in [2.75, 3.05) is 18.6 Å². The zero-order chi connectivity index (χ0) is 11.1. The van der Waals surface area contributed by atoms with Gasteiger partial charge in [-0.3, -0.25) is 0 Å². The third kappa shape index (κ3) is 5.09. The minimum Gasteiger partial charge on any atom is -0.493 e. The van der Waals surface area contributed by atoms with Crippen LogP contribution in [0.15, 0.2) is 24.3 Å². The van der Waals surface area contributed by atoms with Gasteiger partial charge in [0, 0.05) is 11.8 Å². The fraction of sp³-hybridized carbons (Fsp3) is 0.500. The Labute approximate surface area is 96.2 Å². The van der Waals surface area contributed by atoms with Gasteiger partial charge in [0.15, 0.2) is 0 Å². The number of thioether (sulfide) groups is 1. The minimum absolute atomic E-state index is 0.200. The molecule has 1 rings (SSSR count). The average Bonchev–Trinajstić information content (AvgIpc) is 2.18. The first kappa shape index (κ1) is 12.4. The summed E-state index contributed by atoms with van der Waals surface area (Å²) in [6, 6.07) is 8.37. The van der Waals surface area contributed by atoms with Crippen LogP contribution in [0, 0.1) is 0 Å². The van der Waals surface area contributed by atoms with Crippen molar-refractivity contribution in [1.82, 2.24) is 0 Å². The molecule has 0 heterocycles. The first-order chi connectivity index (χ1) is 7.22. The van der Waals surface area contributed by atoms with Crippen LogP contribution in [0.5, 0.6) is 5.75 Å². The van der Waals surface area contributed by atoms with Gasteiger partial charge in [-0.2, -0.15) is 11.8 Å². The Balaban J connectivity index is 2.50. The minimum atomic E-state index is 0.200. The molecule has 0 radical (unpaired) electrons. The molecule has 2 nitrogen and oxygen atoms in total. The largest absolute Gasteiger partial charge is 0.493 e. The van der Waals surface area contributed by atoms with E-state index in [9.17, 15) is 0 Å². The molecule has 1 aromatic carbocycles. The van der Waals surface area contributed by atoms with Crippen LogP contribution in [0.3, 0.4) is 0 Å². The van der Waals surface area contributed by atoms with Crippen molar-refractivity contribution >= 4 is 11.8 Å². The second kappa shape index (κ2) is 6.75. The molecule has 3 heteroatoms. The molecule has 1 aromatic rings. The van der Waals surface area contributed by atoms with Gasteiger partial charge in [0.25, 0.3) is 0 Å². The lowest BCUT2D eigenvalue weighted by molar-refractivity contribution is 0.343. The molecule has 2 N–H and O–H groups in total. The maximum Gasteiger partial charge on any atom is 0.119 e. The molecule has 0 aliphatic carbocycles. The molecule has 0 bridgehead atoms. The van der Waals surface area contributed by atoms with Gasteiger partial charge in [-0.05, 0) is 37.3 Å². The molecule has 0 aliphatic heterocycles. The quantitative estimate of drug-likeness (QED) is 0.755. The van der Waals surface area contributed by atoms with E-state index >= 15 is 0 Å². The van der Waals surface area contributed by atoms with Gasteiger partial charge >= 0.3 is 0 Å². The maximum absolute atomic E-state index is 5.75. The van der Waals surface area contributed by atoms with E-state index in [1.165, 1.54) is 5.56 Å². The number of benzene rings is 1. The number of nitrogens with two attached hydrogens (primary N) is 1. The number of hydrogen-bond donors (Lipinski definition) is 1. The lowest BCUT2D eigenvalue weighted by Gasteiger charge is -2.08.